The maximum Gasteiger partial charge on any atom is 0.277 e. The summed E-state index contributed by atoms with van der Waals surface area (Å²) in [5, 5.41) is 3.86. The highest BCUT2D eigenvalue weighted by Gasteiger charge is 2.01. The third-order valence-corrected chi connectivity index (χ3v) is 4.25. The van der Waals surface area contributed by atoms with Gasteiger partial charge in [0, 0.05) is 9.35 Å². The molecule has 0 fully saturated rings. The molecule has 0 spiro atoms. The molecular weight excluding hydrogens is 408 g/mol. The monoisotopic (exact) mass is 416 g/mol. The predicted octanol–water partition coefficient (Wildman–Crippen LogP) is 3.80. The van der Waals surface area contributed by atoms with Crippen LogP contribution in [-0.4, -0.2) is 18.7 Å². The molecule has 2 aromatic rings. The van der Waals surface area contributed by atoms with Crippen molar-refractivity contribution >= 4 is 55.3 Å². The zero-order valence-corrected chi connectivity index (χ0v) is 14.2. The first-order valence-electron chi connectivity index (χ1n) is 5.59. The highest BCUT2D eigenvalue weighted by Crippen LogP contribution is 2.20. The number of benzene rings is 1. The van der Waals surface area contributed by atoms with Crippen LogP contribution >= 0.6 is 43.2 Å². The summed E-state index contributed by atoms with van der Waals surface area (Å²) in [5.41, 5.74) is 2.41. The highest BCUT2D eigenvalue weighted by molar-refractivity contribution is 9.11. The van der Waals surface area contributed by atoms with Crippen LogP contribution in [-0.2, 0) is 4.79 Å². The molecule has 104 valence electrons. The maximum absolute atomic E-state index is 11.5. The van der Waals surface area contributed by atoms with Gasteiger partial charge in [0.2, 0.25) is 0 Å². The molecule has 2 rings (SSSR count). The van der Waals surface area contributed by atoms with Crippen LogP contribution in [0.1, 0.15) is 4.88 Å². The smallest absolute Gasteiger partial charge is 0.277 e. The zero-order valence-electron chi connectivity index (χ0n) is 10.2. The van der Waals surface area contributed by atoms with Crippen molar-refractivity contribution < 1.29 is 9.53 Å². The van der Waals surface area contributed by atoms with Gasteiger partial charge in [-0.15, -0.1) is 11.3 Å². The number of ether oxygens (including phenoxy) is 1. The van der Waals surface area contributed by atoms with Crippen molar-refractivity contribution in [3.8, 4) is 5.75 Å². The number of hydrogen-bond acceptors (Lipinski definition) is 4. The van der Waals surface area contributed by atoms with Crippen molar-refractivity contribution in [1.82, 2.24) is 5.43 Å². The van der Waals surface area contributed by atoms with Gasteiger partial charge in [-0.05, 0) is 52.3 Å². The Balaban J connectivity index is 1.75. The normalized spacial score (nSPS) is 10.7. The Morgan fingerprint density at radius 1 is 1.25 bits per heavy atom. The van der Waals surface area contributed by atoms with Crippen LogP contribution in [0, 0.1) is 0 Å². The number of thiophene rings is 1. The molecule has 0 atom stereocenters. The third kappa shape index (κ3) is 5.07. The number of hydrazone groups is 1. The summed E-state index contributed by atoms with van der Waals surface area (Å²) in [7, 11) is 0. The van der Waals surface area contributed by atoms with E-state index in [1.54, 1.807) is 18.3 Å². The first kappa shape index (κ1) is 15.2. The topological polar surface area (TPSA) is 50.7 Å². The molecule has 0 aliphatic heterocycles. The Morgan fingerprint density at radius 2 is 2.00 bits per heavy atom. The van der Waals surface area contributed by atoms with Gasteiger partial charge in [0.05, 0.1) is 10.0 Å². The second-order valence-electron chi connectivity index (χ2n) is 3.68. The van der Waals surface area contributed by atoms with E-state index in [-0.39, 0.29) is 12.5 Å². The van der Waals surface area contributed by atoms with Crippen molar-refractivity contribution in [1.29, 1.82) is 0 Å². The number of halogens is 2. The lowest BCUT2D eigenvalue weighted by molar-refractivity contribution is -0.123. The molecule has 7 heteroatoms. The molecule has 1 N–H and O–H groups in total. The highest BCUT2D eigenvalue weighted by atomic mass is 79.9. The number of hydrogen-bond donors (Lipinski definition) is 1. The molecule has 1 amide bonds. The minimum Gasteiger partial charge on any atom is -0.484 e. The molecule has 0 saturated heterocycles. The SMILES string of the molecule is O=C(COc1ccc(Br)cc1)N/N=C/c1ccc(Br)s1. The van der Waals surface area contributed by atoms with Crippen molar-refractivity contribution in [2.24, 2.45) is 5.10 Å². The van der Waals surface area contributed by atoms with Gasteiger partial charge in [0.1, 0.15) is 5.75 Å². The van der Waals surface area contributed by atoms with Crippen molar-refractivity contribution in [3.05, 3.63) is 49.5 Å². The second kappa shape index (κ2) is 7.56. The Bertz CT molecular complexity index is 611. The van der Waals surface area contributed by atoms with Crippen molar-refractivity contribution in [2.75, 3.05) is 6.61 Å². The summed E-state index contributed by atoms with van der Waals surface area (Å²) < 4.78 is 7.29. The zero-order chi connectivity index (χ0) is 14.4. The number of carbonyl (C=O) groups is 1. The van der Waals surface area contributed by atoms with Gasteiger partial charge in [-0.1, -0.05) is 15.9 Å². The average Bonchev–Trinajstić information content (AvgIpc) is 2.84. The Kier molecular flexibility index (Phi) is 5.75. The van der Waals surface area contributed by atoms with E-state index in [9.17, 15) is 4.79 Å². The second-order valence-corrected chi connectivity index (χ2v) is 7.09. The number of amides is 1. The minimum absolute atomic E-state index is 0.0763. The molecule has 0 unspecified atom stereocenters. The number of carbonyl (C=O) groups excluding carboxylic acids is 1. The fourth-order valence-electron chi connectivity index (χ4n) is 1.28. The third-order valence-electron chi connectivity index (χ3n) is 2.16. The molecule has 4 nitrogen and oxygen atoms in total. The first-order valence-corrected chi connectivity index (χ1v) is 7.99. The molecule has 0 aliphatic rings. The molecule has 20 heavy (non-hydrogen) atoms. The lowest BCUT2D eigenvalue weighted by Crippen LogP contribution is -2.24. The number of nitrogens with zero attached hydrogens (tertiary/aromatic N) is 1. The first-order chi connectivity index (χ1) is 9.63. The van der Waals surface area contributed by atoms with Crippen LogP contribution in [0.15, 0.2) is 49.8 Å². The van der Waals surface area contributed by atoms with Gasteiger partial charge in [0.15, 0.2) is 6.61 Å². The van der Waals surface area contributed by atoms with Gasteiger partial charge in [-0.25, -0.2) is 5.43 Å². The molecular formula is C13H10Br2N2O2S. The summed E-state index contributed by atoms with van der Waals surface area (Å²) in [6, 6.07) is 11.1. The lowest BCUT2D eigenvalue weighted by Gasteiger charge is -2.04. The van der Waals surface area contributed by atoms with Gasteiger partial charge < -0.3 is 4.74 Å². The fourth-order valence-corrected chi connectivity index (χ4v) is 2.84. The van der Waals surface area contributed by atoms with E-state index in [2.05, 4.69) is 42.4 Å². The van der Waals surface area contributed by atoms with Crippen molar-refractivity contribution in [3.63, 3.8) is 0 Å². The quantitative estimate of drug-likeness (QED) is 0.594. The summed E-state index contributed by atoms with van der Waals surface area (Å²) in [4.78, 5) is 12.5. The maximum atomic E-state index is 11.5. The molecule has 0 bridgehead atoms. The van der Waals surface area contributed by atoms with Crippen LogP contribution < -0.4 is 10.2 Å². The lowest BCUT2D eigenvalue weighted by atomic mass is 10.3. The Morgan fingerprint density at radius 3 is 2.65 bits per heavy atom. The Hall–Kier alpha value is -1.18. The molecule has 0 radical (unpaired) electrons. The van der Waals surface area contributed by atoms with E-state index < -0.39 is 0 Å². The largest absolute Gasteiger partial charge is 0.484 e. The van der Waals surface area contributed by atoms with E-state index in [1.165, 1.54) is 11.3 Å². The van der Waals surface area contributed by atoms with E-state index in [0.29, 0.717) is 5.75 Å². The molecule has 1 heterocycles. The van der Waals surface area contributed by atoms with E-state index >= 15 is 0 Å². The van der Waals surface area contributed by atoms with Gasteiger partial charge in [-0.2, -0.15) is 5.10 Å². The van der Waals surface area contributed by atoms with E-state index in [4.69, 9.17) is 4.74 Å². The summed E-state index contributed by atoms with van der Waals surface area (Å²) >= 11 is 8.21. The van der Waals surface area contributed by atoms with E-state index in [0.717, 1.165) is 13.1 Å². The van der Waals surface area contributed by atoms with Crippen LogP contribution in [0.5, 0.6) is 5.75 Å². The van der Waals surface area contributed by atoms with Crippen LogP contribution in [0.3, 0.4) is 0 Å². The average molecular weight is 418 g/mol. The molecule has 1 aromatic heterocycles. The van der Waals surface area contributed by atoms with Gasteiger partial charge in [-0.3, -0.25) is 4.79 Å². The standard InChI is InChI=1S/C13H10Br2N2O2S/c14-9-1-3-10(4-2-9)19-8-13(18)17-16-7-11-5-6-12(15)20-11/h1-7H,8H2,(H,17,18)/b16-7+. The van der Waals surface area contributed by atoms with Crippen LogP contribution in [0.2, 0.25) is 0 Å². The van der Waals surface area contributed by atoms with Crippen molar-refractivity contribution in [2.45, 2.75) is 0 Å². The summed E-state index contributed by atoms with van der Waals surface area (Å²) in [5.74, 6) is 0.328. The molecule has 1 aromatic carbocycles. The summed E-state index contributed by atoms with van der Waals surface area (Å²) in [6.45, 7) is -0.0763. The number of rotatable bonds is 5. The van der Waals surface area contributed by atoms with Gasteiger partial charge in [0.25, 0.3) is 5.91 Å². The molecule has 0 saturated carbocycles. The summed E-state index contributed by atoms with van der Waals surface area (Å²) in [6.07, 6.45) is 1.59. The Labute approximate surface area is 137 Å². The molecule has 0 aliphatic carbocycles. The fraction of sp³-hybridized carbons (Fsp3) is 0.0769. The minimum atomic E-state index is -0.306. The van der Waals surface area contributed by atoms with Crippen LogP contribution in [0.4, 0.5) is 0 Å². The van der Waals surface area contributed by atoms with E-state index in [1.807, 2.05) is 24.3 Å². The predicted molar refractivity (Wildman–Crippen MR) is 87.4 cm³/mol. The number of nitrogens with one attached hydrogen (secondary N) is 1. The van der Waals surface area contributed by atoms with Gasteiger partial charge >= 0.3 is 0 Å². The van der Waals surface area contributed by atoms with Crippen LogP contribution in [0.25, 0.3) is 0 Å².